The Labute approximate surface area is 137 Å². The van der Waals surface area contributed by atoms with Gasteiger partial charge >= 0.3 is 0 Å². The Morgan fingerprint density at radius 1 is 1.59 bits per heavy atom. The van der Waals surface area contributed by atoms with E-state index in [1.165, 1.54) is 11.3 Å². The lowest BCUT2D eigenvalue weighted by molar-refractivity contribution is -0.0152. The van der Waals surface area contributed by atoms with Gasteiger partial charge in [0.1, 0.15) is 6.61 Å². The third-order valence-electron chi connectivity index (χ3n) is 3.46. The quantitative estimate of drug-likeness (QED) is 0.855. The van der Waals surface area contributed by atoms with Crippen molar-refractivity contribution in [1.82, 2.24) is 15.0 Å². The first kappa shape index (κ1) is 15.5. The van der Waals surface area contributed by atoms with Gasteiger partial charge < -0.3 is 14.2 Å². The monoisotopic (exact) mass is 341 g/mol. The van der Waals surface area contributed by atoms with Gasteiger partial charge in [-0.2, -0.15) is 4.98 Å². The van der Waals surface area contributed by atoms with E-state index in [0.717, 1.165) is 19.4 Å². The molecule has 0 unspecified atom stereocenters. The number of piperidine rings is 1. The summed E-state index contributed by atoms with van der Waals surface area (Å²) >= 11 is 7.20. The number of hydrogen-bond donors (Lipinski definition) is 0. The van der Waals surface area contributed by atoms with Gasteiger partial charge in [-0.15, -0.1) is 11.3 Å². The Hall–Kier alpha value is -1.44. The Morgan fingerprint density at radius 2 is 2.45 bits per heavy atom. The molecule has 6 nitrogen and oxygen atoms in total. The summed E-state index contributed by atoms with van der Waals surface area (Å²) in [5.41, 5.74) is 0. The van der Waals surface area contributed by atoms with Crippen molar-refractivity contribution < 1.29 is 14.1 Å². The normalized spacial score (nSPS) is 18.6. The number of aromatic nitrogens is 2. The molecule has 0 spiro atoms. The van der Waals surface area contributed by atoms with Crippen molar-refractivity contribution in [2.24, 2.45) is 0 Å². The fourth-order valence-electron chi connectivity index (χ4n) is 2.43. The van der Waals surface area contributed by atoms with Gasteiger partial charge in [-0.05, 0) is 31.9 Å². The van der Waals surface area contributed by atoms with E-state index in [2.05, 4.69) is 10.1 Å². The van der Waals surface area contributed by atoms with Gasteiger partial charge in [-0.3, -0.25) is 4.79 Å². The number of ether oxygens (including phenoxy) is 1. The zero-order chi connectivity index (χ0) is 15.5. The summed E-state index contributed by atoms with van der Waals surface area (Å²) in [6, 6.07) is 3.51. The molecule has 0 aliphatic carbocycles. The average molecular weight is 342 g/mol. The minimum absolute atomic E-state index is 0.0128. The molecule has 0 N–H and O–H groups in total. The van der Waals surface area contributed by atoms with Crippen molar-refractivity contribution in [1.29, 1.82) is 0 Å². The molecule has 0 saturated carbocycles. The predicted octanol–water partition coefficient (Wildman–Crippen LogP) is 2.91. The van der Waals surface area contributed by atoms with Crippen LogP contribution in [0, 0.1) is 6.92 Å². The third kappa shape index (κ3) is 3.66. The van der Waals surface area contributed by atoms with Crippen molar-refractivity contribution >= 4 is 28.8 Å². The molecule has 3 heterocycles. The van der Waals surface area contributed by atoms with E-state index < -0.39 is 0 Å². The first-order chi connectivity index (χ1) is 10.6. The fourth-order valence-corrected chi connectivity index (χ4v) is 3.44. The van der Waals surface area contributed by atoms with Crippen LogP contribution in [-0.2, 0) is 11.3 Å². The molecule has 22 heavy (non-hydrogen) atoms. The summed E-state index contributed by atoms with van der Waals surface area (Å²) in [7, 11) is 0. The molecule has 118 valence electrons. The van der Waals surface area contributed by atoms with Crippen LogP contribution in [0.1, 0.15) is 34.2 Å². The van der Waals surface area contributed by atoms with E-state index in [9.17, 15) is 4.79 Å². The largest absolute Gasteiger partial charge is 0.367 e. The second-order valence-electron chi connectivity index (χ2n) is 5.17. The molecule has 1 saturated heterocycles. The molecular weight excluding hydrogens is 326 g/mol. The van der Waals surface area contributed by atoms with Crippen LogP contribution >= 0.6 is 22.9 Å². The van der Waals surface area contributed by atoms with E-state index in [1.54, 1.807) is 19.1 Å². The molecule has 1 aliphatic heterocycles. The standard InChI is InChI=1S/C14H16ClN3O3S/c1-9-16-13(21-17-9)8-20-10-3-2-6-18(7-10)14(19)11-4-5-12(15)22-11/h4-5,10H,2-3,6-8H2,1H3/t10-/m1/s1. The molecule has 2 aromatic heterocycles. The highest BCUT2D eigenvalue weighted by Crippen LogP contribution is 2.24. The number of carbonyl (C=O) groups is 1. The molecule has 3 rings (SSSR count). The summed E-state index contributed by atoms with van der Waals surface area (Å²) in [6.45, 7) is 3.36. The lowest BCUT2D eigenvalue weighted by Gasteiger charge is -2.32. The summed E-state index contributed by atoms with van der Waals surface area (Å²) in [5.74, 6) is 1.07. The number of aryl methyl sites for hydroxylation is 1. The Morgan fingerprint density at radius 3 is 3.14 bits per heavy atom. The van der Waals surface area contributed by atoms with Crippen molar-refractivity contribution in [2.45, 2.75) is 32.5 Å². The van der Waals surface area contributed by atoms with Gasteiger partial charge in [0.05, 0.1) is 15.3 Å². The topological polar surface area (TPSA) is 68.5 Å². The van der Waals surface area contributed by atoms with Crippen LogP contribution in [0.3, 0.4) is 0 Å². The minimum atomic E-state index is -0.0136. The number of nitrogens with zero attached hydrogens (tertiary/aromatic N) is 3. The Balaban J connectivity index is 1.56. The molecule has 0 aromatic carbocycles. The van der Waals surface area contributed by atoms with Crippen molar-refractivity contribution in [3.05, 3.63) is 33.1 Å². The van der Waals surface area contributed by atoms with Crippen molar-refractivity contribution in [3.8, 4) is 0 Å². The maximum absolute atomic E-state index is 12.4. The van der Waals surface area contributed by atoms with Crippen molar-refractivity contribution in [2.75, 3.05) is 13.1 Å². The highest BCUT2D eigenvalue weighted by atomic mass is 35.5. The maximum Gasteiger partial charge on any atom is 0.264 e. The van der Waals surface area contributed by atoms with E-state index in [0.29, 0.717) is 27.5 Å². The number of carbonyl (C=O) groups excluding carboxylic acids is 1. The van der Waals surface area contributed by atoms with E-state index in [-0.39, 0.29) is 18.6 Å². The average Bonchev–Trinajstić information content (AvgIpc) is 3.13. The lowest BCUT2D eigenvalue weighted by Crippen LogP contribution is -2.43. The summed E-state index contributed by atoms with van der Waals surface area (Å²) in [4.78, 5) is 19.0. The van der Waals surface area contributed by atoms with Gasteiger partial charge in [0.25, 0.3) is 11.8 Å². The van der Waals surface area contributed by atoms with Gasteiger partial charge in [-0.25, -0.2) is 0 Å². The third-order valence-corrected chi connectivity index (χ3v) is 4.68. The number of thiophene rings is 1. The zero-order valence-corrected chi connectivity index (χ0v) is 13.7. The van der Waals surface area contributed by atoms with Crippen LogP contribution in [0.5, 0.6) is 0 Å². The van der Waals surface area contributed by atoms with Gasteiger partial charge in [0, 0.05) is 13.1 Å². The molecule has 8 heteroatoms. The molecule has 1 amide bonds. The van der Waals surface area contributed by atoms with Crippen LogP contribution in [-0.4, -0.2) is 40.1 Å². The Kier molecular flexibility index (Phi) is 4.75. The number of likely N-dealkylation sites (tertiary alicyclic amines) is 1. The molecule has 1 fully saturated rings. The number of rotatable bonds is 4. The highest BCUT2D eigenvalue weighted by Gasteiger charge is 2.26. The number of amides is 1. The van der Waals surface area contributed by atoms with E-state index >= 15 is 0 Å². The second kappa shape index (κ2) is 6.76. The van der Waals surface area contributed by atoms with Crippen LogP contribution in [0.4, 0.5) is 0 Å². The molecule has 1 aliphatic rings. The lowest BCUT2D eigenvalue weighted by atomic mass is 10.1. The number of hydrogen-bond acceptors (Lipinski definition) is 6. The van der Waals surface area contributed by atoms with Crippen LogP contribution < -0.4 is 0 Å². The Bertz CT molecular complexity index is 657. The maximum atomic E-state index is 12.4. The summed E-state index contributed by atoms with van der Waals surface area (Å²) < 4.78 is 11.4. The summed E-state index contributed by atoms with van der Waals surface area (Å²) in [5, 5.41) is 3.72. The molecule has 0 radical (unpaired) electrons. The molecular formula is C14H16ClN3O3S. The van der Waals surface area contributed by atoms with Crippen LogP contribution in [0.15, 0.2) is 16.7 Å². The van der Waals surface area contributed by atoms with Crippen LogP contribution in [0.2, 0.25) is 4.34 Å². The fraction of sp³-hybridized carbons (Fsp3) is 0.500. The SMILES string of the molecule is Cc1noc(CO[C@@H]2CCCN(C(=O)c3ccc(Cl)s3)C2)n1. The van der Waals surface area contributed by atoms with E-state index in [1.807, 2.05) is 4.90 Å². The molecule has 0 bridgehead atoms. The number of halogens is 1. The highest BCUT2D eigenvalue weighted by molar-refractivity contribution is 7.17. The van der Waals surface area contributed by atoms with Gasteiger partial charge in [0.2, 0.25) is 0 Å². The smallest absolute Gasteiger partial charge is 0.264 e. The summed E-state index contributed by atoms with van der Waals surface area (Å²) in [6.07, 6.45) is 1.82. The van der Waals surface area contributed by atoms with Crippen molar-refractivity contribution in [3.63, 3.8) is 0 Å². The predicted molar refractivity (Wildman–Crippen MR) is 82.1 cm³/mol. The molecule has 1 atom stereocenters. The van der Waals surface area contributed by atoms with E-state index in [4.69, 9.17) is 20.9 Å². The second-order valence-corrected chi connectivity index (χ2v) is 6.88. The molecule has 2 aromatic rings. The van der Waals surface area contributed by atoms with Gasteiger partial charge in [-0.1, -0.05) is 16.8 Å². The van der Waals surface area contributed by atoms with Crippen LogP contribution in [0.25, 0.3) is 0 Å². The first-order valence-corrected chi connectivity index (χ1v) is 8.26. The first-order valence-electron chi connectivity index (χ1n) is 7.07. The minimum Gasteiger partial charge on any atom is -0.367 e. The van der Waals surface area contributed by atoms with Gasteiger partial charge in [0.15, 0.2) is 5.82 Å². The zero-order valence-electron chi connectivity index (χ0n) is 12.1.